The number of carbonyl (C=O) groups excluding carboxylic acids is 3. The lowest BCUT2D eigenvalue weighted by atomic mass is 9.88. The van der Waals surface area contributed by atoms with Crippen LogP contribution in [0.25, 0.3) is 0 Å². The minimum atomic E-state index is -0.292. The minimum absolute atomic E-state index is 0.00786. The van der Waals surface area contributed by atoms with E-state index in [0.717, 1.165) is 31.5 Å². The molecule has 0 spiro atoms. The second-order valence-corrected chi connectivity index (χ2v) is 11.2. The fourth-order valence-electron chi connectivity index (χ4n) is 5.32. The van der Waals surface area contributed by atoms with Crippen LogP contribution in [0.4, 0.5) is 5.82 Å². The maximum Gasteiger partial charge on any atom is 0.233 e. The smallest absolute Gasteiger partial charge is 0.233 e. The van der Waals surface area contributed by atoms with Gasteiger partial charge in [-0.1, -0.05) is 42.6 Å². The highest BCUT2D eigenvalue weighted by molar-refractivity contribution is 7.99. The first-order valence-corrected chi connectivity index (χ1v) is 14.0. The van der Waals surface area contributed by atoms with Gasteiger partial charge in [0.15, 0.2) is 5.16 Å². The summed E-state index contributed by atoms with van der Waals surface area (Å²) >= 11 is 7.57. The van der Waals surface area contributed by atoms with Crippen molar-refractivity contribution in [1.29, 1.82) is 0 Å². The van der Waals surface area contributed by atoms with Crippen LogP contribution >= 0.6 is 23.4 Å². The molecular weight excluding hydrogens is 488 g/mol. The summed E-state index contributed by atoms with van der Waals surface area (Å²) in [6.45, 7) is 5.20. The van der Waals surface area contributed by atoms with Gasteiger partial charge in [-0.15, -0.1) is 0 Å². The van der Waals surface area contributed by atoms with Crippen LogP contribution < -0.4 is 10.6 Å². The topological polar surface area (TPSA) is 113 Å². The molecule has 192 valence electrons. The van der Waals surface area contributed by atoms with Crippen LogP contribution in [-0.4, -0.2) is 82.0 Å². The van der Waals surface area contributed by atoms with Crippen LogP contribution in [-0.2, 0) is 14.4 Å². The molecule has 2 aliphatic heterocycles. The quantitative estimate of drug-likeness (QED) is 0.347. The molecule has 3 heterocycles. The third-order valence-corrected chi connectivity index (χ3v) is 8.45. The Kier molecular flexibility index (Phi) is 8.75. The van der Waals surface area contributed by atoms with Crippen LogP contribution in [0.5, 0.6) is 0 Å². The highest BCUT2D eigenvalue weighted by Crippen LogP contribution is 2.29. The van der Waals surface area contributed by atoms with Gasteiger partial charge in [0, 0.05) is 56.7 Å². The normalized spacial score (nSPS) is 22.3. The predicted octanol–water partition coefficient (Wildman–Crippen LogP) is 2.56. The molecule has 1 atom stereocenters. The molecule has 35 heavy (non-hydrogen) atoms. The first-order valence-electron chi connectivity index (χ1n) is 12.6. The zero-order valence-electron chi connectivity index (χ0n) is 20.3. The zero-order valence-corrected chi connectivity index (χ0v) is 21.9. The molecule has 2 N–H and O–H groups in total. The number of hydrogen-bond acceptors (Lipinski definition) is 7. The van der Waals surface area contributed by atoms with Gasteiger partial charge in [-0.2, -0.15) is 0 Å². The summed E-state index contributed by atoms with van der Waals surface area (Å²) in [5, 5.41) is 0.793. The van der Waals surface area contributed by atoms with Gasteiger partial charge < -0.3 is 20.4 Å². The first-order chi connectivity index (χ1) is 16.8. The average molecular weight is 523 g/mol. The van der Waals surface area contributed by atoms with Gasteiger partial charge in [0.25, 0.3) is 0 Å². The third-order valence-electron chi connectivity index (χ3n) is 7.42. The molecule has 3 fully saturated rings. The molecule has 1 aliphatic carbocycles. The van der Waals surface area contributed by atoms with Crippen molar-refractivity contribution in [2.45, 2.75) is 63.1 Å². The SMILES string of the molecule is CC1CN(c2cc(Cl)nc(SCC(=O)N3CCC(C(N)=O)CC3)n2)CCN1C(=O)C1CCCCC1. The van der Waals surface area contributed by atoms with E-state index in [0.29, 0.717) is 61.8 Å². The van der Waals surface area contributed by atoms with Crippen molar-refractivity contribution in [2.75, 3.05) is 43.4 Å². The van der Waals surface area contributed by atoms with E-state index in [4.69, 9.17) is 17.3 Å². The second-order valence-electron chi connectivity index (χ2n) is 9.84. The van der Waals surface area contributed by atoms with E-state index < -0.39 is 0 Å². The van der Waals surface area contributed by atoms with E-state index >= 15 is 0 Å². The number of nitrogens with zero attached hydrogens (tertiary/aromatic N) is 5. The molecule has 1 aromatic rings. The second kappa shape index (κ2) is 11.8. The fraction of sp³-hybridized carbons (Fsp3) is 0.708. The number of likely N-dealkylation sites (tertiary alicyclic amines) is 1. The number of rotatable bonds is 6. The molecule has 0 bridgehead atoms. The van der Waals surface area contributed by atoms with E-state index in [1.807, 2.05) is 4.90 Å². The molecular formula is C24H35ClN6O3S. The lowest BCUT2D eigenvalue weighted by Crippen LogP contribution is -2.55. The summed E-state index contributed by atoms with van der Waals surface area (Å²) < 4.78 is 0. The van der Waals surface area contributed by atoms with E-state index in [2.05, 4.69) is 21.8 Å². The summed E-state index contributed by atoms with van der Waals surface area (Å²) in [4.78, 5) is 51.9. The Hall–Kier alpha value is -2.07. The zero-order chi connectivity index (χ0) is 24.9. The van der Waals surface area contributed by atoms with Crippen LogP contribution in [0.3, 0.4) is 0 Å². The Balaban J connectivity index is 1.31. The standard InChI is InChI=1S/C24H35ClN6O3S/c1-16-14-30(11-12-31(16)23(34)18-5-3-2-4-6-18)20-13-19(25)27-24(28-20)35-15-21(32)29-9-7-17(8-10-29)22(26)33/h13,16-18H,2-12,14-15H2,1H3,(H2,26,33). The maximum atomic E-state index is 13.0. The van der Waals surface area contributed by atoms with Crippen molar-refractivity contribution in [3.63, 3.8) is 0 Å². The average Bonchev–Trinajstić information content (AvgIpc) is 2.87. The van der Waals surface area contributed by atoms with Crippen molar-refractivity contribution < 1.29 is 14.4 Å². The summed E-state index contributed by atoms with van der Waals surface area (Å²) in [7, 11) is 0. The third kappa shape index (κ3) is 6.58. The molecule has 4 rings (SSSR count). The van der Waals surface area contributed by atoms with E-state index in [9.17, 15) is 14.4 Å². The van der Waals surface area contributed by atoms with Crippen LogP contribution in [0.15, 0.2) is 11.2 Å². The molecule has 0 radical (unpaired) electrons. The van der Waals surface area contributed by atoms with Gasteiger partial charge in [0.2, 0.25) is 17.7 Å². The van der Waals surface area contributed by atoms with Gasteiger partial charge in [0.1, 0.15) is 11.0 Å². The number of piperazine rings is 1. The van der Waals surface area contributed by atoms with E-state index in [1.165, 1.54) is 18.2 Å². The van der Waals surface area contributed by atoms with Gasteiger partial charge in [-0.05, 0) is 32.6 Å². The summed E-state index contributed by atoms with van der Waals surface area (Å²) in [6.07, 6.45) is 6.78. The number of halogens is 1. The Morgan fingerprint density at radius 3 is 2.40 bits per heavy atom. The van der Waals surface area contributed by atoms with Crippen molar-refractivity contribution in [1.82, 2.24) is 19.8 Å². The first kappa shape index (κ1) is 26.0. The molecule has 1 aromatic heterocycles. The molecule has 0 aromatic carbocycles. The number of thioether (sulfide) groups is 1. The van der Waals surface area contributed by atoms with Gasteiger partial charge >= 0.3 is 0 Å². The molecule has 3 amide bonds. The molecule has 3 aliphatic rings. The van der Waals surface area contributed by atoms with E-state index in [-0.39, 0.29) is 35.4 Å². The Morgan fingerprint density at radius 1 is 1.03 bits per heavy atom. The number of amides is 3. The molecule has 1 unspecified atom stereocenters. The van der Waals surface area contributed by atoms with Gasteiger partial charge in [-0.3, -0.25) is 14.4 Å². The van der Waals surface area contributed by atoms with Crippen molar-refractivity contribution in [3.05, 3.63) is 11.2 Å². The highest BCUT2D eigenvalue weighted by Gasteiger charge is 2.33. The molecule has 11 heteroatoms. The van der Waals surface area contributed by atoms with Crippen molar-refractivity contribution >= 4 is 46.9 Å². The van der Waals surface area contributed by atoms with Gasteiger partial charge in [-0.25, -0.2) is 9.97 Å². The fourth-order valence-corrected chi connectivity index (χ4v) is 6.30. The lowest BCUT2D eigenvalue weighted by molar-refractivity contribution is -0.139. The number of aromatic nitrogens is 2. The Labute approximate surface area is 216 Å². The Bertz CT molecular complexity index is 936. The number of piperidine rings is 1. The summed E-state index contributed by atoms with van der Waals surface area (Å²) in [5.74, 6) is 0.957. The predicted molar refractivity (Wildman–Crippen MR) is 136 cm³/mol. The monoisotopic (exact) mass is 522 g/mol. The van der Waals surface area contributed by atoms with Gasteiger partial charge in [0.05, 0.1) is 5.75 Å². The molecule has 9 nitrogen and oxygen atoms in total. The number of nitrogens with two attached hydrogens (primary N) is 1. The largest absolute Gasteiger partial charge is 0.369 e. The van der Waals surface area contributed by atoms with Crippen LogP contribution in [0, 0.1) is 11.8 Å². The highest BCUT2D eigenvalue weighted by atomic mass is 35.5. The minimum Gasteiger partial charge on any atom is -0.369 e. The van der Waals surface area contributed by atoms with Crippen LogP contribution in [0.1, 0.15) is 51.9 Å². The van der Waals surface area contributed by atoms with Crippen molar-refractivity contribution in [3.8, 4) is 0 Å². The molecule has 1 saturated carbocycles. The number of carbonyl (C=O) groups is 3. The van der Waals surface area contributed by atoms with E-state index in [1.54, 1.807) is 11.0 Å². The number of hydrogen-bond donors (Lipinski definition) is 1. The Morgan fingerprint density at radius 2 is 1.74 bits per heavy atom. The van der Waals surface area contributed by atoms with Crippen LogP contribution in [0.2, 0.25) is 5.15 Å². The summed E-state index contributed by atoms with van der Waals surface area (Å²) in [5.41, 5.74) is 5.38. The molecule has 2 saturated heterocycles. The number of primary amides is 1. The lowest BCUT2D eigenvalue weighted by Gasteiger charge is -2.42. The van der Waals surface area contributed by atoms with Crippen molar-refractivity contribution in [2.24, 2.45) is 17.6 Å². The maximum absolute atomic E-state index is 13.0. The summed E-state index contributed by atoms with van der Waals surface area (Å²) in [6, 6.07) is 1.83. The number of anilines is 1.